The molecule has 0 amide bonds. The molecule has 0 aliphatic carbocycles. The van der Waals surface area contributed by atoms with E-state index in [4.69, 9.17) is 4.74 Å². The number of hydrogen-bond donors (Lipinski definition) is 1. The molecule has 1 aliphatic rings. The first-order valence-corrected chi connectivity index (χ1v) is 8.65. The Morgan fingerprint density at radius 2 is 1.90 bits per heavy atom. The molecule has 6 heteroatoms. The van der Waals surface area contributed by atoms with E-state index in [1.54, 1.807) is 16.4 Å². The molecule has 21 heavy (non-hydrogen) atoms. The normalized spacial score (nSPS) is 23.4. The summed E-state index contributed by atoms with van der Waals surface area (Å²) in [5.41, 5.74) is 0.997. The summed E-state index contributed by atoms with van der Waals surface area (Å²) >= 11 is 0. The fourth-order valence-electron chi connectivity index (χ4n) is 2.65. The fraction of sp³-hybridized carbons (Fsp3) is 0.600. The highest BCUT2D eigenvalue weighted by atomic mass is 32.2. The van der Waals surface area contributed by atoms with E-state index in [2.05, 4.69) is 19.2 Å². The second-order valence-electron chi connectivity index (χ2n) is 5.79. The third-order valence-electron chi connectivity index (χ3n) is 4.18. The summed E-state index contributed by atoms with van der Waals surface area (Å²) in [4.78, 5) is 0.256. The van der Waals surface area contributed by atoms with E-state index in [-0.39, 0.29) is 4.90 Å². The Kier molecular flexibility index (Phi) is 4.91. The van der Waals surface area contributed by atoms with E-state index in [0.29, 0.717) is 37.2 Å². The minimum atomic E-state index is -3.49. The highest BCUT2D eigenvalue weighted by Crippen LogP contribution is 2.32. The Morgan fingerprint density at radius 3 is 2.43 bits per heavy atom. The molecule has 0 radical (unpaired) electrons. The van der Waals surface area contributed by atoms with Crippen molar-refractivity contribution in [1.29, 1.82) is 0 Å². The molecule has 0 aromatic heterocycles. The molecule has 118 valence electrons. The van der Waals surface area contributed by atoms with Crippen LogP contribution in [0.2, 0.25) is 0 Å². The Hall–Kier alpha value is -1.11. The molecular weight excluding hydrogens is 288 g/mol. The molecule has 1 N–H and O–H groups in total. The van der Waals surface area contributed by atoms with Crippen molar-refractivity contribution < 1.29 is 13.2 Å². The number of nitrogens with zero attached hydrogens (tertiary/aromatic N) is 1. The number of hydrogen-bond acceptors (Lipinski definition) is 4. The quantitative estimate of drug-likeness (QED) is 0.899. The highest BCUT2D eigenvalue weighted by Gasteiger charge is 2.36. The van der Waals surface area contributed by atoms with Gasteiger partial charge in [0.15, 0.2) is 0 Å². The lowest BCUT2D eigenvalue weighted by Crippen LogP contribution is -2.29. The van der Waals surface area contributed by atoms with Crippen LogP contribution < -0.4 is 10.1 Å². The second kappa shape index (κ2) is 6.34. The number of rotatable bonds is 5. The third-order valence-corrected chi connectivity index (χ3v) is 6.05. The topological polar surface area (TPSA) is 58.6 Å². The van der Waals surface area contributed by atoms with Crippen molar-refractivity contribution in [3.8, 4) is 5.75 Å². The maximum atomic E-state index is 12.8. The van der Waals surface area contributed by atoms with Gasteiger partial charge in [-0.15, -0.1) is 0 Å². The summed E-state index contributed by atoms with van der Waals surface area (Å²) in [6.45, 7) is 6.01. The van der Waals surface area contributed by atoms with Crippen LogP contribution in [0.4, 0.5) is 0 Å². The standard InChI is InChI=1S/C15H24N2O3S/c1-11-9-17(10-12(11)2)21(18,19)15-6-5-13(8-16-3)7-14(15)20-4/h5-7,11-12,16H,8-10H2,1-4H3. The Bertz CT molecular complexity index is 591. The molecule has 2 atom stereocenters. The van der Waals surface area contributed by atoms with Crippen LogP contribution in [0.25, 0.3) is 0 Å². The first-order valence-electron chi connectivity index (χ1n) is 7.21. The average Bonchev–Trinajstić information content (AvgIpc) is 2.79. The van der Waals surface area contributed by atoms with Gasteiger partial charge in [-0.25, -0.2) is 8.42 Å². The van der Waals surface area contributed by atoms with Crippen molar-refractivity contribution in [2.45, 2.75) is 25.3 Å². The number of ether oxygens (including phenoxy) is 1. The third kappa shape index (κ3) is 3.22. The summed E-state index contributed by atoms with van der Waals surface area (Å²) < 4.78 is 32.5. The van der Waals surface area contributed by atoms with E-state index in [1.807, 2.05) is 13.1 Å². The number of methoxy groups -OCH3 is 1. The zero-order valence-electron chi connectivity index (χ0n) is 13.1. The fourth-order valence-corrected chi connectivity index (χ4v) is 4.43. The summed E-state index contributed by atoms with van der Waals surface area (Å²) in [5.74, 6) is 1.18. The predicted octanol–water partition coefficient (Wildman–Crippen LogP) is 1.69. The first-order chi connectivity index (χ1) is 9.90. The van der Waals surface area contributed by atoms with Gasteiger partial charge < -0.3 is 10.1 Å². The van der Waals surface area contributed by atoms with Gasteiger partial charge in [0.2, 0.25) is 10.0 Å². The van der Waals surface area contributed by atoms with Gasteiger partial charge in [-0.3, -0.25) is 0 Å². The predicted molar refractivity (Wildman–Crippen MR) is 82.8 cm³/mol. The van der Waals surface area contributed by atoms with Crippen molar-refractivity contribution in [1.82, 2.24) is 9.62 Å². The van der Waals surface area contributed by atoms with Crippen LogP contribution in [0.1, 0.15) is 19.4 Å². The lowest BCUT2D eigenvalue weighted by atomic mass is 10.0. The lowest BCUT2D eigenvalue weighted by Gasteiger charge is -2.18. The van der Waals surface area contributed by atoms with Crippen molar-refractivity contribution in [3.05, 3.63) is 23.8 Å². The molecule has 1 saturated heterocycles. The van der Waals surface area contributed by atoms with Crippen LogP contribution in [-0.2, 0) is 16.6 Å². The maximum absolute atomic E-state index is 12.8. The van der Waals surface area contributed by atoms with E-state index in [0.717, 1.165) is 5.56 Å². The Balaban J connectivity index is 2.36. The van der Waals surface area contributed by atoms with Crippen molar-refractivity contribution in [2.75, 3.05) is 27.2 Å². The first kappa shape index (κ1) is 16.3. The van der Waals surface area contributed by atoms with Gasteiger partial charge in [-0.2, -0.15) is 4.31 Å². The molecule has 0 bridgehead atoms. The smallest absolute Gasteiger partial charge is 0.246 e. The maximum Gasteiger partial charge on any atom is 0.246 e. The summed E-state index contributed by atoms with van der Waals surface area (Å²) in [5, 5.41) is 3.04. The minimum absolute atomic E-state index is 0.256. The zero-order chi connectivity index (χ0) is 15.6. The van der Waals surface area contributed by atoms with Gasteiger partial charge in [0, 0.05) is 19.6 Å². The SMILES string of the molecule is CNCc1ccc(S(=O)(=O)N2CC(C)C(C)C2)c(OC)c1. The van der Waals surface area contributed by atoms with Gasteiger partial charge in [0.25, 0.3) is 0 Å². The second-order valence-corrected chi connectivity index (χ2v) is 7.70. The molecule has 0 saturated carbocycles. The summed E-state index contributed by atoms with van der Waals surface area (Å²) in [6.07, 6.45) is 0. The van der Waals surface area contributed by atoms with E-state index in [9.17, 15) is 8.42 Å². The minimum Gasteiger partial charge on any atom is -0.495 e. The zero-order valence-corrected chi connectivity index (χ0v) is 13.9. The molecule has 2 unspecified atom stereocenters. The average molecular weight is 312 g/mol. The largest absolute Gasteiger partial charge is 0.495 e. The van der Waals surface area contributed by atoms with Gasteiger partial charge >= 0.3 is 0 Å². The number of benzene rings is 1. The van der Waals surface area contributed by atoms with Crippen LogP contribution >= 0.6 is 0 Å². The summed E-state index contributed by atoms with van der Waals surface area (Å²) in [7, 11) is -0.133. The van der Waals surface area contributed by atoms with Gasteiger partial charge in [-0.05, 0) is 36.6 Å². The molecule has 1 aromatic carbocycles. The molecular formula is C15H24N2O3S. The van der Waals surface area contributed by atoms with Crippen molar-refractivity contribution in [2.24, 2.45) is 11.8 Å². The molecule has 2 rings (SSSR count). The Labute approximate surface area is 127 Å². The highest BCUT2D eigenvalue weighted by molar-refractivity contribution is 7.89. The van der Waals surface area contributed by atoms with Gasteiger partial charge in [0.1, 0.15) is 10.6 Å². The molecule has 1 heterocycles. The molecule has 5 nitrogen and oxygen atoms in total. The lowest BCUT2D eigenvalue weighted by molar-refractivity contribution is 0.396. The van der Waals surface area contributed by atoms with Gasteiger partial charge in [-0.1, -0.05) is 19.9 Å². The number of nitrogens with one attached hydrogen (secondary N) is 1. The molecule has 1 aliphatic heterocycles. The molecule has 0 spiro atoms. The van der Waals surface area contributed by atoms with E-state index < -0.39 is 10.0 Å². The van der Waals surface area contributed by atoms with Crippen molar-refractivity contribution in [3.63, 3.8) is 0 Å². The van der Waals surface area contributed by atoms with Crippen LogP contribution in [0, 0.1) is 11.8 Å². The van der Waals surface area contributed by atoms with Crippen LogP contribution in [0.3, 0.4) is 0 Å². The van der Waals surface area contributed by atoms with E-state index in [1.165, 1.54) is 7.11 Å². The van der Waals surface area contributed by atoms with E-state index >= 15 is 0 Å². The molecule has 1 fully saturated rings. The molecule has 1 aromatic rings. The monoisotopic (exact) mass is 312 g/mol. The summed E-state index contributed by atoms with van der Waals surface area (Å²) in [6, 6.07) is 5.26. The number of sulfonamides is 1. The van der Waals surface area contributed by atoms with Crippen LogP contribution in [0.15, 0.2) is 23.1 Å². The Morgan fingerprint density at radius 1 is 1.29 bits per heavy atom. The van der Waals surface area contributed by atoms with Crippen LogP contribution in [-0.4, -0.2) is 40.0 Å². The van der Waals surface area contributed by atoms with Gasteiger partial charge in [0.05, 0.1) is 7.11 Å². The van der Waals surface area contributed by atoms with Crippen LogP contribution in [0.5, 0.6) is 5.75 Å². The van der Waals surface area contributed by atoms with Crippen molar-refractivity contribution >= 4 is 10.0 Å².